The highest BCUT2D eigenvalue weighted by Gasteiger charge is 2.11. The minimum Gasteiger partial charge on any atom is -0.204 e. The average Bonchev–Trinajstić information content (AvgIpc) is 2.42. The molecule has 3 heteroatoms. The van der Waals surface area contributed by atoms with Crippen molar-refractivity contribution in [3.8, 4) is 11.1 Å². The van der Waals surface area contributed by atoms with E-state index >= 15 is 0 Å². The van der Waals surface area contributed by atoms with Crippen molar-refractivity contribution in [1.82, 2.24) is 0 Å². The van der Waals surface area contributed by atoms with E-state index in [-0.39, 0.29) is 0 Å². The Kier molecular flexibility index (Phi) is 4.05. The van der Waals surface area contributed by atoms with Gasteiger partial charge in [0, 0.05) is 0 Å². The molecule has 0 N–H and O–H groups in total. The van der Waals surface area contributed by atoms with Crippen molar-refractivity contribution >= 4 is 0 Å². The van der Waals surface area contributed by atoms with Gasteiger partial charge >= 0.3 is 0 Å². The van der Waals surface area contributed by atoms with Gasteiger partial charge in [-0.05, 0) is 41.7 Å². The lowest BCUT2D eigenvalue weighted by molar-refractivity contribution is 0.448. The lowest BCUT2D eigenvalue weighted by Crippen LogP contribution is -1.92. The lowest BCUT2D eigenvalue weighted by Gasteiger charge is -2.05. The first-order valence-electron chi connectivity index (χ1n) is 5.96. The summed E-state index contributed by atoms with van der Waals surface area (Å²) in [6.07, 6.45) is 3.58. The van der Waals surface area contributed by atoms with Crippen LogP contribution in [0.3, 0.4) is 0 Å². The number of allylic oxidation sites excluding steroid dienone is 1. The molecule has 0 radical (unpaired) electrons. The maximum Gasteiger partial charge on any atom is 0.194 e. The van der Waals surface area contributed by atoms with Gasteiger partial charge in [0.25, 0.3) is 0 Å². The minimum absolute atomic E-state index is 0.326. The fourth-order valence-electron chi connectivity index (χ4n) is 1.85. The van der Waals surface area contributed by atoms with Gasteiger partial charge in [0.15, 0.2) is 17.5 Å². The lowest BCUT2D eigenvalue weighted by atomic mass is 10.0. The highest BCUT2D eigenvalue weighted by Crippen LogP contribution is 2.24. The van der Waals surface area contributed by atoms with Gasteiger partial charge < -0.3 is 0 Å². The third-order valence-electron chi connectivity index (χ3n) is 2.91. The van der Waals surface area contributed by atoms with Crippen LogP contribution in [0.1, 0.15) is 12.0 Å². The summed E-state index contributed by atoms with van der Waals surface area (Å²) in [4.78, 5) is 0. The molecular weight excluding hydrogens is 249 g/mol. The number of hydrogen-bond donors (Lipinski definition) is 0. The largest absolute Gasteiger partial charge is 0.204 e. The predicted octanol–water partition coefficient (Wildman–Crippen LogP) is 4.89. The van der Waals surface area contributed by atoms with Crippen molar-refractivity contribution in [2.45, 2.75) is 12.8 Å². The zero-order valence-electron chi connectivity index (χ0n) is 10.3. The van der Waals surface area contributed by atoms with Gasteiger partial charge in [-0.25, -0.2) is 13.2 Å². The van der Waals surface area contributed by atoms with Crippen molar-refractivity contribution in [3.63, 3.8) is 0 Å². The Bertz CT molecular complexity index is 562. The molecule has 0 amide bonds. The first-order chi connectivity index (χ1) is 9.11. The minimum atomic E-state index is -1.44. The second-order valence-corrected chi connectivity index (χ2v) is 4.28. The fraction of sp³-hybridized carbons (Fsp3) is 0.125. The topological polar surface area (TPSA) is 0 Å². The summed E-state index contributed by atoms with van der Waals surface area (Å²) in [7, 11) is 0. The summed E-state index contributed by atoms with van der Waals surface area (Å²) < 4.78 is 39.2. The number of benzene rings is 2. The van der Waals surface area contributed by atoms with Crippen LogP contribution in [0.25, 0.3) is 11.1 Å². The molecule has 0 aromatic heterocycles. The molecule has 0 bridgehead atoms. The Morgan fingerprint density at radius 2 is 1.47 bits per heavy atom. The van der Waals surface area contributed by atoms with Crippen LogP contribution in [0, 0.1) is 17.5 Å². The molecule has 0 spiro atoms. The van der Waals surface area contributed by atoms with Crippen LogP contribution in [0.2, 0.25) is 0 Å². The first-order valence-corrected chi connectivity index (χ1v) is 5.96. The Labute approximate surface area is 110 Å². The zero-order chi connectivity index (χ0) is 13.8. The zero-order valence-corrected chi connectivity index (χ0v) is 10.3. The Hall–Kier alpha value is -2.03. The van der Waals surface area contributed by atoms with Crippen molar-refractivity contribution in [3.05, 3.63) is 72.1 Å². The van der Waals surface area contributed by atoms with Crippen LogP contribution in [-0.4, -0.2) is 0 Å². The molecule has 0 saturated heterocycles. The van der Waals surface area contributed by atoms with Crippen LogP contribution in [0.15, 0.2) is 49.1 Å². The quantitative estimate of drug-likeness (QED) is 0.543. The molecule has 2 aromatic carbocycles. The molecule has 0 aliphatic carbocycles. The number of hydrogen-bond acceptors (Lipinski definition) is 0. The molecule has 0 unspecified atom stereocenters. The second kappa shape index (κ2) is 5.74. The summed E-state index contributed by atoms with van der Waals surface area (Å²) in [6, 6.07) is 9.30. The van der Waals surface area contributed by atoms with Crippen LogP contribution >= 0.6 is 0 Å². The molecule has 2 rings (SSSR count). The highest BCUT2D eigenvalue weighted by molar-refractivity contribution is 5.63. The third-order valence-corrected chi connectivity index (χ3v) is 2.91. The van der Waals surface area contributed by atoms with Crippen molar-refractivity contribution in [2.24, 2.45) is 0 Å². The molecule has 0 aliphatic heterocycles. The van der Waals surface area contributed by atoms with Gasteiger partial charge in [-0.1, -0.05) is 30.3 Å². The van der Waals surface area contributed by atoms with Gasteiger partial charge in [-0.3, -0.25) is 0 Å². The van der Waals surface area contributed by atoms with E-state index in [1.807, 2.05) is 18.2 Å². The highest BCUT2D eigenvalue weighted by atomic mass is 19.2. The maximum absolute atomic E-state index is 13.1. The van der Waals surface area contributed by atoms with E-state index in [0.717, 1.165) is 30.5 Å². The smallest absolute Gasteiger partial charge is 0.194 e. The van der Waals surface area contributed by atoms with Crippen LogP contribution in [0.5, 0.6) is 0 Å². The molecule has 19 heavy (non-hydrogen) atoms. The van der Waals surface area contributed by atoms with E-state index in [1.165, 1.54) is 0 Å². The maximum atomic E-state index is 13.1. The first kappa shape index (κ1) is 13.4. The molecular formula is C16H13F3. The monoisotopic (exact) mass is 262 g/mol. The average molecular weight is 262 g/mol. The molecule has 0 saturated carbocycles. The molecule has 0 atom stereocenters. The van der Waals surface area contributed by atoms with Crippen molar-refractivity contribution in [1.29, 1.82) is 0 Å². The summed E-state index contributed by atoms with van der Waals surface area (Å²) in [5, 5.41) is 0. The van der Waals surface area contributed by atoms with Gasteiger partial charge in [0.05, 0.1) is 0 Å². The Balaban J connectivity index is 2.29. The summed E-state index contributed by atoms with van der Waals surface area (Å²) in [5.74, 6) is -3.79. The molecule has 0 aliphatic rings. The van der Waals surface area contributed by atoms with Gasteiger partial charge in [-0.15, -0.1) is 6.58 Å². The summed E-state index contributed by atoms with van der Waals surface area (Å²) in [5.41, 5.74) is 2.10. The summed E-state index contributed by atoms with van der Waals surface area (Å²) in [6.45, 7) is 3.65. The van der Waals surface area contributed by atoms with E-state index in [2.05, 4.69) is 6.58 Å². The van der Waals surface area contributed by atoms with Gasteiger partial charge in [-0.2, -0.15) is 0 Å². The Morgan fingerprint density at radius 3 is 2.00 bits per heavy atom. The van der Waals surface area contributed by atoms with E-state index in [0.29, 0.717) is 11.1 Å². The normalized spacial score (nSPS) is 10.5. The molecule has 98 valence electrons. The Morgan fingerprint density at radius 1 is 0.895 bits per heavy atom. The van der Waals surface area contributed by atoms with E-state index in [9.17, 15) is 13.2 Å². The number of halogens is 3. The third kappa shape index (κ3) is 3.05. The van der Waals surface area contributed by atoms with Crippen LogP contribution < -0.4 is 0 Å². The van der Waals surface area contributed by atoms with Gasteiger partial charge in [0.1, 0.15) is 0 Å². The van der Waals surface area contributed by atoms with E-state index in [4.69, 9.17) is 0 Å². The summed E-state index contributed by atoms with van der Waals surface area (Å²) >= 11 is 0. The standard InChI is InChI=1S/C16H13F3/c1-2-3-4-11-5-7-12(8-6-11)13-9-14(17)16(19)15(18)10-13/h2,5-10H,1,3-4H2. The molecule has 0 nitrogen and oxygen atoms in total. The van der Waals surface area contributed by atoms with E-state index in [1.54, 1.807) is 12.1 Å². The van der Waals surface area contributed by atoms with Crippen LogP contribution in [-0.2, 0) is 6.42 Å². The SMILES string of the molecule is C=CCCc1ccc(-c2cc(F)c(F)c(F)c2)cc1. The van der Waals surface area contributed by atoms with Crippen LogP contribution in [0.4, 0.5) is 13.2 Å². The van der Waals surface area contributed by atoms with Crippen molar-refractivity contribution < 1.29 is 13.2 Å². The van der Waals surface area contributed by atoms with Gasteiger partial charge in [0.2, 0.25) is 0 Å². The number of rotatable bonds is 4. The molecule has 0 fully saturated rings. The predicted molar refractivity (Wildman–Crippen MR) is 70.3 cm³/mol. The van der Waals surface area contributed by atoms with Crippen molar-refractivity contribution in [2.75, 3.05) is 0 Å². The fourth-order valence-corrected chi connectivity index (χ4v) is 1.85. The molecule has 2 aromatic rings. The second-order valence-electron chi connectivity index (χ2n) is 4.28. The van der Waals surface area contributed by atoms with E-state index < -0.39 is 17.5 Å². The number of aryl methyl sites for hydroxylation is 1. The molecule has 0 heterocycles.